The average Bonchev–Trinajstić information content (AvgIpc) is 3.29. The zero-order valence-corrected chi connectivity index (χ0v) is 14.4. The van der Waals surface area contributed by atoms with Crippen molar-refractivity contribution in [2.75, 3.05) is 26.2 Å². The van der Waals surface area contributed by atoms with Crippen molar-refractivity contribution in [2.24, 2.45) is 0 Å². The molecule has 2 fully saturated rings. The van der Waals surface area contributed by atoms with Crippen LogP contribution >= 0.6 is 0 Å². The molecule has 1 aliphatic carbocycles. The highest BCUT2D eigenvalue weighted by Gasteiger charge is 2.29. The van der Waals surface area contributed by atoms with Crippen LogP contribution in [0.1, 0.15) is 67.8 Å². The van der Waals surface area contributed by atoms with Crippen molar-refractivity contribution in [1.82, 2.24) is 20.2 Å². The van der Waals surface area contributed by atoms with Gasteiger partial charge in [0, 0.05) is 56.2 Å². The van der Waals surface area contributed by atoms with Gasteiger partial charge in [0.05, 0.1) is 12.3 Å². The van der Waals surface area contributed by atoms with Crippen molar-refractivity contribution in [2.45, 2.75) is 63.8 Å². The molecule has 3 heterocycles. The van der Waals surface area contributed by atoms with Crippen LogP contribution in [0, 0.1) is 0 Å². The molecule has 24 heavy (non-hydrogen) atoms. The van der Waals surface area contributed by atoms with Gasteiger partial charge in [-0.25, -0.2) is 0 Å². The van der Waals surface area contributed by atoms with E-state index in [2.05, 4.69) is 10.2 Å². The fourth-order valence-electron chi connectivity index (χ4n) is 4.27. The summed E-state index contributed by atoms with van der Waals surface area (Å²) in [5.41, 5.74) is 3.79. The van der Waals surface area contributed by atoms with E-state index in [1.165, 1.54) is 49.1 Å². The Kier molecular flexibility index (Phi) is 4.85. The normalized spacial score (nSPS) is 22.8. The number of hydroxylamine groups is 2. The Morgan fingerprint density at radius 3 is 2.88 bits per heavy atom. The Bertz CT molecular complexity index is 574. The van der Waals surface area contributed by atoms with Gasteiger partial charge in [-0.2, -0.15) is 10.2 Å². The lowest BCUT2D eigenvalue weighted by Gasteiger charge is -2.30. The molecular weight excluding hydrogens is 304 g/mol. The second kappa shape index (κ2) is 7.23. The van der Waals surface area contributed by atoms with E-state index in [1.54, 1.807) is 0 Å². The minimum Gasteiger partial charge on any atom is -0.338 e. The van der Waals surface area contributed by atoms with E-state index < -0.39 is 0 Å². The number of nitrogens with zero attached hydrogens (tertiary/aromatic N) is 3. The molecule has 1 amide bonds. The number of hydrogen-bond donors (Lipinski definition) is 1. The molecule has 1 aromatic heterocycles. The Hall–Kier alpha value is -1.40. The van der Waals surface area contributed by atoms with Crippen molar-refractivity contribution >= 4 is 5.91 Å². The fraction of sp³-hybridized carbons (Fsp3) is 0.778. The number of carbonyl (C=O) groups is 1. The van der Waals surface area contributed by atoms with E-state index in [0.717, 1.165) is 39.1 Å². The van der Waals surface area contributed by atoms with Gasteiger partial charge in [0.25, 0.3) is 0 Å². The Morgan fingerprint density at radius 1 is 1.21 bits per heavy atom. The topological polar surface area (TPSA) is 61.5 Å². The Labute approximate surface area is 143 Å². The van der Waals surface area contributed by atoms with E-state index in [0.29, 0.717) is 18.9 Å². The molecule has 1 N–H and O–H groups in total. The summed E-state index contributed by atoms with van der Waals surface area (Å²) in [6.07, 6.45) is 8.86. The predicted molar refractivity (Wildman–Crippen MR) is 90.3 cm³/mol. The highest BCUT2D eigenvalue weighted by atomic mass is 16.7. The minimum absolute atomic E-state index is 0.244. The maximum Gasteiger partial charge on any atom is 0.224 e. The highest BCUT2D eigenvalue weighted by molar-refractivity contribution is 5.76. The van der Waals surface area contributed by atoms with Gasteiger partial charge in [0.15, 0.2) is 0 Å². The van der Waals surface area contributed by atoms with Gasteiger partial charge in [0.1, 0.15) is 0 Å². The minimum atomic E-state index is 0.244. The molecule has 1 saturated heterocycles. The van der Waals surface area contributed by atoms with Crippen LogP contribution in [0.25, 0.3) is 0 Å². The summed E-state index contributed by atoms with van der Waals surface area (Å²) in [5, 5.41) is 9.79. The fourth-order valence-corrected chi connectivity index (χ4v) is 4.27. The standard InChI is InChI=1S/C18H28N4O2/c23-17(8-11-22-9-3-4-12-24-22)21-10-7-16-15(13-21)18(20-19-16)14-5-1-2-6-14/h14H,1-13H2,(H,19,20). The van der Waals surface area contributed by atoms with E-state index in [9.17, 15) is 4.79 Å². The van der Waals surface area contributed by atoms with Crippen LogP contribution in [0.3, 0.4) is 0 Å². The molecule has 132 valence electrons. The molecular formula is C18H28N4O2. The zero-order valence-electron chi connectivity index (χ0n) is 14.4. The van der Waals surface area contributed by atoms with Crippen LogP contribution in [0.15, 0.2) is 0 Å². The second-order valence-electron chi connectivity index (χ2n) is 7.33. The van der Waals surface area contributed by atoms with Crippen LogP contribution < -0.4 is 0 Å². The van der Waals surface area contributed by atoms with Gasteiger partial charge >= 0.3 is 0 Å². The summed E-state index contributed by atoms with van der Waals surface area (Å²) in [7, 11) is 0. The smallest absolute Gasteiger partial charge is 0.224 e. The van der Waals surface area contributed by atoms with E-state index in [-0.39, 0.29) is 5.91 Å². The maximum absolute atomic E-state index is 12.6. The van der Waals surface area contributed by atoms with Gasteiger partial charge in [-0.3, -0.25) is 14.7 Å². The number of nitrogens with one attached hydrogen (secondary N) is 1. The third kappa shape index (κ3) is 3.35. The summed E-state index contributed by atoms with van der Waals surface area (Å²) < 4.78 is 0. The number of H-pyrrole nitrogens is 1. The Balaban J connectivity index is 1.36. The first-order valence-electron chi connectivity index (χ1n) is 9.53. The number of fused-ring (bicyclic) bond motifs is 1. The molecule has 6 heteroatoms. The van der Waals surface area contributed by atoms with Crippen molar-refractivity contribution in [3.8, 4) is 0 Å². The third-order valence-corrected chi connectivity index (χ3v) is 5.71. The van der Waals surface area contributed by atoms with Crippen molar-refractivity contribution < 1.29 is 9.63 Å². The van der Waals surface area contributed by atoms with Crippen LogP contribution in [0.5, 0.6) is 0 Å². The van der Waals surface area contributed by atoms with Crippen LogP contribution in [-0.2, 0) is 22.6 Å². The lowest BCUT2D eigenvalue weighted by atomic mass is 9.96. The first-order valence-corrected chi connectivity index (χ1v) is 9.53. The van der Waals surface area contributed by atoms with Crippen LogP contribution in [-0.4, -0.2) is 52.3 Å². The lowest BCUT2D eigenvalue weighted by Crippen LogP contribution is -2.39. The molecule has 3 aliphatic rings. The Morgan fingerprint density at radius 2 is 2.08 bits per heavy atom. The SMILES string of the molecule is O=C(CCN1CCCCO1)N1CCc2[nH]nc(C3CCCC3)c2C1. The summed E-state index contributed by atoms with van der Waals surface area (Å²) >= 11 is 0. The number of aromatic amines is 1. The van der Waals surface area contributed by atoms with E-state index in [4.69, 9.17) is 4.84 Å². The highest BCUT2D eigenvalue weighted by Crippen LogP contribution is 2.36. The molecule has 2 aliphatic heterocycles. The molecule has 1 aromatic rings. The summed E-state index contributed by atoms with van der Waals surface area (Å²) in [5.74, 6) is 0.843. The molecule has 0 aromatic carbocycles. The van der Waals surface area contributed by atoms with Gasteiger partial charge in [-0.05, 0) is 25.7 Å². The van der Waals surface area contributed by atoms with Gasteiger partial charge in [0.2, 0.25) is 5.91 Å². The number of hydrogen-bond acceptors (Lipinski definition) is 4. The summed E-state index contributed by atoms with van der Waals surface area (Å²) in [6, 6.07) is 0. The predicted octanol–water partition coefficient (Wildman–Crippen LogP) is 2.37. The molecule has 0 atom stereocenters. The maximum atomic E-state index is 12.6. The number of rotatable bonds is 4. The van der Waals surface area contributed by atoms with Gasteiger partial charge < -0.3 is 4.90 Å². The van der Waals surface area contributed by atoms with E-state index >= 15 is 0 Å². The van der Waals surface area contributed by atoms with Crippen molar-refractivity contribution in [3.63, 3.8) is 0 Å². The quantitative estimate of drug-likeness (QED) is 0.919. The van der Waals surface area contributed by atoms with Crippen molar-refractivity contribution in [3.05, 3.63) is 17.0 Å². The van der Waals surface area contributed by atoms with Crippen molar-refractivity contribution in [1.29, 1.82) is 0 Å². The molecule has 0 bridgehead atoms. The largest absolute Gasteiger partial charge is 0.338 e. The molecule has 0 spiro atoms. The molecule has 0 radical (unpaired) electrons. The number of carbonyl (C=O) groups excluding carboxylic acids is 1. The molecule has 6 nitrogen and oxygen atoms in total. The van der Waals surface area contributed by atoms with E-state index in [1.807, 2.05) is 9.96 Å². The summed E-state index contributed by atoms with van der Waals surface area (Å²) in [4.78, 5) is 20.2. The molecule has 1 saturated carbocycles. The lowest BCUT2D eigenvalue weighted by molar-refractivity contribution is -0.182. The summed E-state index contributed by atoms with van der Waals surface area (Å²) in [6.45, 7) is 3.99. The monoisotopic (exact) mass is 332 g/mol. The first-order chi connectivity index (χ1) is 11.8. The van der Waals surface area contributed by atoms with Gasteiger partial charge in [-0.1, -0.05) is 12.8 Å². The van der Waals surface area contributed by atoms with Crippen LogP contribution in [0.4, 0.5) is 0 Å². The second-order valence-corrected chi connectivity index (χ2v) is 7.33. The average molecular weight is 332 g/mol. The number of amides is 1. The third-order valence-electron chi connectivity index (χ3n) is 5.71. The first kappa shape index (κ1) is 16.1. The van der Waals surface area contributed by atoms with Crippen LogP contribution in [0.2, 0.25) is 0 Å². The molecule has 4 rings (SSSR count). The zero-order chi connectivity index (χ0) is 16.4. The number of aromatic nitrogens is 2. The van der Waals surface area contributed by atoms with Gasteiger partial charge in [-0.15, -0.1) is 0 Å². The molecule has 0 unspecified atom stereocenters.